The molecule has 2 N–H and O–H groups in total. The van der Waals surface area contributed by atoms with Crippen LogP contribution in [0.2, 0.25) is 0 Å². The predicted octanol–water partition coefficient (Wildman–Crippen LogP) is 8.90. The van der Waals surface area contributed by atoms with E-state index >= 15 is 0 Å². The largest absolute Gasteiger partial charge is 0.354 e. The minimum Gasteiger partial charge on any atom is -0.354 e. The molecule has 7 aromatic rings. The monoisotopic (exact) mass is 618 g/mol. The Morgan fingerprint density at radius 1 is 0.354 bits per heavy atom. The Morgan fingerprint density at radius 3 is 1.10 bits per heavy atom. The first kappa shape index (κ1) is 27.5. The fourth-order valence-electron chi connectivity index (χ4n) is 6.41. The van der Waals surface area contributed by atoms with E-state index in [2.05, 4.69) is 68.5 Å². The van der Waals surface area contributed by atoms with Crippen molar-refractivity contribution in [3.05, 3.63) is 145 Å². The molecule has 0 radical (unpaired) electrons. The van der Waals surface area contributed by atoms with Crippen LogP contribution in [0.3, 0.4) is 0 Å². The van der Waals surface area contributed by atoms with Crippen molar-refractivity contribution < 1.29 is 0 Å². The molecule has 2 aliphatic heterocycles. The van der Waals surface area contributed by atoms with Crippen molar-refractivity contribution in [2.45, 2.75) is 0 Å². The molecule has 9 heterocycles. The number of hydrogen-bond donors (Lipinski definition) is 2. The average Bonchev–Trinajstić information content (AvgIpc) is 3.98. The number of fused-ring (bicyclic) bond motifs is 8. The molecule has 2 aliphatic rings. The van der Waals surface area contributed by atoms with Gasteiger partial charge < -0.3 is 9.97 Å². The van der Waals surface area contributed by atoms with Gasteiger partial charge in [-0.15, -0.1) is 0 Å². The Bertz CT molecular complexity index is 2190. The highest BCUT2D eigenvalue weighted by Gasteiger charge is 2.19. The molecule has 226 valence electrons. The van der Waals surface area contributed by atoms with Crippen LogP contribution in [0.25, 0.3) is 91.1 Å². The van der Waals surface area contributed by atoms with Gasteiger partial charge in [-0.25, -0.2) is 9.97 Å². The molecule has 7 aromatic heterocycles. The van der Waals surface area contributed by atoms with Crippen LogP contribution in [0.4, 0.5) is 0 Å². The van der Waals surface area contributed by atoms with Crippen molar-refractivity contribution in [3.8, 4) is 44.8 Å². The molecular formula is C40H26N8. The summed E-state index contributed by atoms with van der Waals surface area (Å²) in [7, 11) is 0. The van der Waals surface area contributed by atoms with Crippen molar-refractivity contribution in [2.75, 3.05) is 0 Å². The molecule has 0 spiro atoms. The molecule has 0 atom stereocenters. The maximum atomic E-state index is 5.27. The van der Waals surface area contributed by atoms with Gasteiger partial charge in [-0.3, -0.25) is 19.9 Å². The number of aromatic amines is 2. The molecule has 8 bridgehead atoms. The summed E-state index contributed by atoms with van der Waals surface area (Å²) in [5.41, 5.74) is 14.2. The Labute approximate surface area is 275 Å². The fourth-order valence-corrected chi connectivity index (χ4v) is 6.41. The molecule has 0 saturated heterocycles. The molecule has 8 heteroatoms. The lowest BCUT2D eigenvalue weighted by Gasteiger charge is -2.06. The van der Waals surface area contributed by atoms with E-state index in [1.807, 2.05) is 73.1 Å². The van der Waals surface area contributed by atoms with E-state index in [4.69, 9.17) is 19.9 Å². The first-order valence-corrected chi connectivity index (χ1v) is 15.6. The summed E-state index contributed by atoms with van der Waals surface area (Å²) in [6, 6.07) is 28.3. The molecule has 9 rings (SSSR count). The number of nitrogens with zero attached hydrogens (tertiary/aromatic N) is 6. The standard InChI is InChI=1S/C40H26N8/c1-3-19-43-27(5-1)39-33-11-7-29(45-33)37(25-15-21-41-22-16-25)31-9-13-35(47-31)40(28-6-2-4-20-44-28)36-14-10-32(48-36)38(26-17-23-42-24-18-26)30-8-12-34(39)46-30/h1-24,45,48H. The Kier molecular flexibility index (Phi) is 6.61. The lowest BCUT2D eigenvalue weighted by Crippen LogP contribution is -1.91. The van der Waals surface area contributed by atoms with Crippen LogP contribution in [0.15, 0.2) is 122 Å². The minimum absolute atomic E-state index is 0.808. The lowest BCUT2D eigenvalue weighted by molar-refractivity contribution is 1.27. The molecule has 0 amide bonds. The van der Waals surface area contributed by atoms with Crippen LogP contribution in [0, 0.1) is 0 Å². The number of aromatic nitrogens is 8. The van der Waals surface area contributed by atoms with Crippen LogP contribution < -0.4 is 0 Å². The third-order valence-corrected chi connectivity index (χ3v) is 8.53. The number of nitrogens with one attached hydrogen (secondary N) is 2. The van der Waals surface area contributed by atoms with E-state index < -0.39 is 0 Å². The zero-order valence-corrected chi connectivity index (χ0v) is 25.5. The second-order valence-electron chi connectivity index (χ2n) is 11.4. The van der Waals surface area contributed by atoms with Crippen molar-refractivity contribution >= 4 is 46.4 Å². The quantitative estimate of drug-likeness (QED) is 0.204. The summed E-state index contributed by atoms with van der Waals surface area (Å²) >= 11 is 0. The van der Waals surface area contributed by atoms with E-state index in [0.29, 0.717) is 0 Å². The fraction of sp³-hybridized carbons (Fsp3) is 0. The second-order valence-corrected chi connectivity index (χ2v) is 11.4. The summed E-state index contributed by atoms with van der Waals surface area (Å²) in [5.74, 6) is 0. The first-order valence-electron chi connectivity index (χ1n) is 15.6. The van der Waals surface area contributed by atoms with Gasteiger partial charge in [0.05, 0.1) is 45.2 Å². The summed E-state index contributed by atoms with van der Waals surface area (Å²) in [5, 5.41) is 0. The van der Waals surface area contributed by atoms with Gasteiger partial charge in [0.2, 0.25) is 0 Å². The van der Waals surface area contributed by atoms with Gasteiger partial charge in [-0.1, -0.05) is 12.1 Å². The molecule has 0 aromatic carbocycles. The summed E-state index contributed by atoms with van der Waals surface area (Å²) < 4.78 is 0. The van der Waals surface area contributed by atoms with Gasteiger partial charge in [0, 0.05) is 70.5 Å². The van der Waals surface area contributed by atoms with Crippen LogP contribution in [-0.2, 0) is 0 Å². The molecule has 48 heavy (non-hydrogen) atoms. The van der Waals surface area contributed by atoms with E-state index in [-0.39, 0.29) is 0 Å². The number of hydrogen-bond acceptors (Lipinski definition) is 6. The average molecular weight is 619 g/mol. The molecule has 0 unspecified atom stereocenters. The molecule has 8 nitrogen and oxygen atoms in total. The van der Waals surface area contributed by atoms with Crippen LogP contribution in [0.1, 0.15) is 22.8 Å². The van der Waals surface area contributed by atoms with Gasteiger partial charge in [-0.05, 0) is 108 Å². The zero-order valence-electron chi connectivity index (χ0n) is 25.5. The van der Waals surface area contributed by atoms with Gasteiger partial charge in [0.15, 0.2) is 0 Å². The molecule has 0 aliphatic carbocycles. The van der Waals surface area contributed by atoms with E-state index in [1.165, 1.54) is 0 Å². The highest BCUT2D eigenvalue weighted by Crippen LogP contribution is 2.37. The summed E-state index contributed by atoms with van der Waals surface area (Å²) in [4.78, 5) is 36.1. The Balaban J connectivity index is 1.49. The third-order valence-electron chi connectivity index (χ3n) is 8.53. The van der Waals surface area contributed by atoms with E-state index in [0.717, 1.165) is 89.6 Å². The summed E-state index contributed by atoms with van der Waals surface area (Å²) in [6.45, 7) is 0. The Hall–Kier alpha value is -6.80. The lowest BCUT2D eigenvalue weighted by atomic mass is 10.1. The molecule has 0 fully saturated rings. The zero-order chi connectivity index (χ0) is 31.9. The number of pyridine rings is 4. The van der Waals surface area contributed by atoms with Crippen molar-refractivity contribution in [1.29, 1.82) is 0 Å². The van der Waals surface area contributed by atoms with Crippen LogP contribution >= 0.6 is 0 Å². The first-order chi connectivity index (χ1) is 23.8. The van der Waals surface area contributed by atoms with Crippen LogP contribution in [0.5, 0.6) is 0 Å². The molecular weight excluding hydrogens is 592 g/mol. The number of H-pyrrole nitrogens is 2. The second kappa shape index (κ2) is 11.5. The normalized spacial score (nSPS) is 12.0. The predicted molar refractivity (Wildman–Crippen MR) is 192 cm³/mol. The van der Waals surface area contributed by atoms with Gasteiger partial charge in [-0.2, -0.15) is 0 Å². The smallest absolute Gasteiger partial charge is 0.0753 e. The van der Waals surface area contributed by atoms with Crippen LogP contribution in [-0.4, -0.2) is 39.9 Å². The van der Waals surface area contributed by atoms with Gasteiger partial charge >= 0.3 is 0 Å². The highest BCUT2D eigenvalue weighted by molar-refractivity contribution is 5.99. The maximum Gasteiger partial charge on any atom is 0.0753 e. The van der Waals surface area contributed by atoms with Crippen molar-refractivity contribution in [2.24, 2.45) is 0 Å². The number of rotatable bonds is 4. The SMILES string of the molecule is C1=Cc2nc1c(-c1ccncc1)c1ccc([nH]1)c(-c1ccccn1)c1nc(c(-c3ccncc3)c3ccc([nH]3)c2-c2ccccn2)C=C1. The van der Waals surface area contributed by atoms with Gasteiger partial charge in [0.1, 0.15) is 0 Å². The topological polar surface area (TPSA) is 109 Å². The third kappa shape index (κ3) is 4.80. The van der Waals surface area contributed by atoms with Crippen molar-refractivity contribution in [3.63, 3.8) is 0 Å². The van der Waals surface area contributed by atoms with Gasteiger partial charge in [0.25, 0.3) is 0 Å². The maximum absolute atomic E-state index is 5.27. The minimum atomic E-state index is 0.808. The summed E-state index contributed by atoms with van der Waals surface area (Å²) in [6.07, 6.45) is 19.1. The van der Waals surface area contributed by atoms with Crippen molar-refractivity contribution in [1.82, 2.24) is 39.9 Å². The van der Waals surface area contributed by atoms with E-state index in [9.17, 15) is 0 Å². The highest BCUT2D eigenvalue weighted by atomic mass is 14.8. The van der Waals surface area contributed by atoms with E-state index in [1.54, 1.807) is 24.8 Å². The Morgan fingerprint density at radius 2 is 0.729 bits per heavy atom. The molecule has 0 saturated carbocycles.